The highest BCUT2D eigenvalue weighted by Gasteiger charge is 2.22. The Morgan fingerprint density at radius 1 is 1.26 bits per heavy atom. The molecule has 0 radical (unpaired) electrons. The Hall–Kier alpha value is -2.28. The number of nitrogens with one attached hydrogen (secondary N) is 2. The van der Waals surface area contributed by atoms with E-state index in [0.717, 1.165) is 30.2 Å². The van der Waals surface area contributed by atoms with Gasteiger partial charge in [-0.25, -0.2) is 0 Å². The number of aryl methyl sites for hydroxylation is 1. The third-order valence-corrected chi connectivity index (χ3v) is 5.45. The van der Waals surface area contributed by atoms with E-state index >= 15 is 0 Å². The molecule has 4 rings (SSSR count). The van der Waals surface area contributed by atoms with E-state index in [9.17, 15) is 0 Å². The zero-order valence-corrected chi connectivity index (χ0v) is 16.2. The van der Waals surface area contributed by atoms with E-state index in [1.54, 1.807) is 16.6 Å². The molecule has 1 aromatic heterocycles. The van der Waals surface area contributed by atoms with Crippen molar-refractivity contribution in [3.63, 3.8) is 0 Å². The molecule has 0 bridgehead atoms. The Morgan fingerprint density at radius 3 is 2.96 bits per heavy atom. The summed E-state index contributed by atoms with van der Waals surface area (Å²) in [7, 11) is 1.92. The summed E-state index contributed by atoms with van der Waals surface area (Å²) in [6, 6.07) is 17.4. The van der Waals surface area contributed by atoms with Crippen molar-refractivity contribution in [2.24, 2.45) is 7.05 Å². The van der Waals surface area contributed by atoms with E-state index in [0.29, 0.717) is 12.6 Å². The van der Waals surface area contributed by atoms with Crippen LogP contribution in [0.4, 0.5) is 0 Å². The highest BCUT2D eigenvalue weighted by molar-refractivity contribution is 7.97. The fourth-order valence-electron chi connectivity index (χ4n) is 3.32. The lowest BCUT2D eigenvalue weighted by molar-refractivity contribution is 0.324. The summed E-state index contributed by atoms with van der Waals surface area (Å²) in [5.41, 5.74) is 4.08. The largest absolute Gasteiger partial charge is 0.492 e. The fraction of sp³-hybridized carbons (Fsp3) is 0.286. The topological polar surface area (TPSA) is 51.1 Å². The first kappa shape index (κ1) is 18.1. The van der Waals surface area contributed by atoms with Crippen LogP contribution in [0, 0.1) is 0 Å². The third kappa shape index (κ3) is 4.71. The molecule has 1 atom stereocenters. The molecule has 0 saturated carbocycles. The number of aromatic nitrogens is 2. The van der Waals surface area contributed by atoms with Gasteiger partial charge in [0, 0.05) is 32.4 Å². The van der Waals surface area contributed by atoms with E-state index in [4.69, 9.17) is 4.74 Å². The molecule has 27 heavy (non-hydrogen) atoms. The molecule has 6 heteroatoms. The van der Waals surface area contributed by atoms with Gasteiger partial charge in [-0.15, -0.1) is 0 Å². The molecule has 3 aromatic rings. The molecule has 1 aliphatic rings. The first-order valence-electron chi connectivity index (χ1n) is 9.19. The van der Waals surface area contributed by atoms with Gasteiger partial charge in [-0.3, -0.25) is 9.40 Å². The lowest BCUT2D eigenvalue weighted by atomic mass is 9.98. The van der Waals surface area contributed by atoms with Crippen molar-refractivity contribution in [2.45, 2.75) is 23.9 Å². The van der Waals surface area contributed by atoms with Gasteiger partial charge in [0.1, 0.15) is 12.4 Å². The lowest BCUT2D eigenvalue weighted by Crippen LogP contribution is -2.15. The van der Waals surface area contributed by atoms with Crippen molar-refractivity contribution in [3.05, 3.63) is 77.6 Å². The van der Waals surface area contributed by atoms with Crippen LogP contribution in [0.2, 0.25) is 0 Å². The monoisotopic (exact) mass is 380 g/mol. The molecular weight excluding hydrogens is 356 g/mol. The van der Waals surface area contributed by atoms with Crippen molar-refractivity contribution >= 4 is 11.9 Å². The van der Waals surface area contributed by atoms with E-state index < -0.39 is 0 Å². The van der Waals surface area contributed by atoms with Crippen LogP contribution < -0.4 is 14.8 Å². The molecule has 140 valence electrons. The Balaban J connectivity index is 1.29. The van der Waals surface area contributed by atoms with Gasteiger partial charge >= 0.3 is 0 Å². The highest BCUT2D eigenvalue weighted by atomic mass is 32.2. The molecule has 2 N–H and O–H groups in total. The molecule has 0 saturated heterocycles. The van der Waals surface area contributed by atoms with Crippen LogP contribution in [-0.4, -0.2) is 22.9 Å². The molecule has 5 nitrogen and oxygen atoms in total. The van der Waals surface area contributed by atoms with Gasteiger partial charge in [0.15, 0.2) is 0 Å². The SMILES string of the molecule is Cn1cc(SNCCOc2ccc3c(c2)C(Cc2ccccc2)NC3)cn1. The summed E-state index contributed by atoms with van der Waals surface area (Å²) in [6.07, 6.45) is 4.83. The van der Waals surface area contributed by atoms with Gasteiger partial charge in [-0.2, -0.15) is 5.10 Å². The number of fused-ring (bicyclic) bond motifs is 1. The van der Waals surface area contributed by atoms with Crippen LogP contribution in [0.5, 0.6) is 5.75 Å². The maximum absolute atomic E-state index is 5.95. The summed E-state index contributed by atoms with van der Waals surface area (Å²) in [5.74, 6) is 0.934. The summed E-state index contributed by atoms with van der Waals surface area (Å²) >= 11 is 1.57. The van der Waals surface area contributed by atoms with Crippen molar-refractivity contribution in [1.29, 1.82) is 0 Å². The quantitative estimate of drug-likeness (QED) is 0.463. The number of hydrogen-bond acceptors (Lipinski definition) is 5. The fourth-order valence-corrected chi connectivity index (χ4v) is 3.98. The van der Waals surface area contributed by atoms with E-state index in [2.05, 4.69) is 63.7 Å². The molecule has 0 fully saturated rings. The van der Waals surface area contributed by atoms with Gasteiger partial charge in [0.25, 0.3) is 0 Å². The second-order valence-corrected chi connectivity index (χ2v) is 7.64. The average Bonchev–Trinajstić information content (AvgIpc) is 3.28. The first-order valence-corrected chi connectivity index (χ1v) is 10.0. The lowest BCUT2D eigenvalue weighted by Gasteiger charge is -2.14. The van der Waals surface area contributed by atoms with Gasteiger partial charge in [0.05, 0.1) is 11.1 Å². The molecule has 2 heterocycles. The van der Waals surface area contributed by atoms with Crippen molar-refractivity contribution in [3.8, 4) is 5.75 Å². The standard InChI is InChI=1S/C21H24N4OS/c1-25-15-19(14-23-25)27-24-9-10-26-18-8-7-17-13-22-21(20(17)12-18)11-16-5-3-2-4-6-16/h2-8,12,14-15,21-22,24H,9-11,13H2,1H3. The molecule has 2 aromatic carbocycles. The normalized spacial score (nSPS) is 15.7. The van der Waals surface area contributed by atoms with Gasteiger partial charge in [-0.1, -0.05) is 36.4 Å². The number of nitrogens with zero attached hydrogens (tertiary/aromatic N) is 2. The number of rotatable bonds is 8. The molecule has 1 aliphatic heterocycles. The highest BCUT2D eigenvalue weighted by Crippen LogP contribution is 2.31. The summed E-state index contributed by atoms with van der Waals surface area (Å²) in [4.78, 5) is 1.10. The Kier molecular flexibility index (Phi) is 5.77. The Labute approximate surface area is 164 Å². The van der Waals surface area contributed by atoms with Crippen molar-refractivity contribution in [1.82, 2.24) is 19.8 Å². The van der Waals surface area contributed by atoms with Crippen LogP contribution in [0.25, 0.3) is 0 Å². The summed E-state index contributed by atoms with van der Waals surface area (Å²) in [6.45, 7) is 2.32. The molecule has 1 unspecified atom stereocenters. The molecule has 0 aliphatic carbocycles. The first-order chi connectivity index (χ1) is 13.3. The maximum atomic E-state index is 5.95. The number of ether oxygens (including phenoxy) is 1. The Morgan fingerprint density at radius 2 is 2.15 bits per heavy atom. The van der Waals surface area contributed by atoms with Crippen LogP contribution >= 0.6 is 11.9 Å². The second kappa shape index (κ2) is 8.61. The average molecular weight is 381 g/mol. The zero-order valence-electron chi connectivity index (χ0n) is 15.4. The molecule has 0 amide bonds. The minimum atomic E-state index is 0.352. The summed E-state index contributed by atoms with van der Waals surface area (Å²) in [5, 5.41) is 7.77. The smallest absolute Gasteiger partial charge is 0.119 e. The maximum Gasteiger partial charge on any atom is 0.119 e. The minimum absolute atomic E-state index is 0.352. The van der Waals surface area contributed by atoms with Gasteiger partial charge < -0.3 is 10.1 Å². The van der Waals surface area contributed by atoms with Crippen LogP contribution in [0.15, 0.2) is 65.8 Å². The predicted molar refractivity (Wildman–Crippen MR) is 109 cm³/mol. The Bertz CT molecular complexity index is 881. The van der Waals surface area contributed by atoms with Gasteiger partial charge in [-0.05, 0) is 47.2 Å². The van der Waals surface area contributed by atoms with Crippen LogP contribution in [0.3, 0.4) is 0 Å². The van der Waals surface area contributed by atoms with E-state index in [1.807, 2.05) is 19.4 Å². The second-order valence-electron chi connectivity index (χ2n) is 6.68. The predicted octanol–water partition coefficient (Wildman–Crippen LogP) is 3.48. The number of benzene rings is 2. The minimum Gasteiger partial charge on any atom is -0.492 e. The van der Waals surface area contributed by atoms with Crippen molar-refractivity contribution < 1.29 is 4.74 Å². The summed E-state index contributed by atoms with van der Waals surface area (Å²) < 4.78 is 11.1. The van der Waals surface area contributed by atoms with Crippen molar-refractivity contribution in [2.75, 3.05) is 13.2 Å². The zero-order chi connectivity index (χ0) is 18.5. The van der Waals surface area contributed by atoms with Gasteiger partial charge in [0.2, 0.25) is 0 Å². The molecule has 0 spiro atoms. The number of hydrogen-bond donors (Lipinski definition) is 2. The van der Waals surface area contributed by atoms with E-state index in [1.165, 1.54) is 16.7 Å². The third-order valence-electron chi connectivity index (χ3n) is 4.66. The van der Waals surface area contributed by atoms with E-state index in [-0.39, 0.29) is 0 Å². The van der Waals surface area contributed by atoms with Crippen LogP contribution in [0.1, 0.15) is 22.7 Å². The molecular formula is C21H24N4OS. The van der Waals surface area contributed by atoms with Crippen LogP contribution in [-0.2, 0) is 20.0 Å².